The fourth-order valence-electron chi connectivity index (χ4n) is 5.18. The summed E-state index contributed by atoms with van der Waals surface area (Å²) in [5.74, 6) is 0.517. The number of aryl methyl sites for hydroxylation is 1. The van der Waals surface area contributed by atoms with E-state index in [-0.39, 0.29) is 38.6 Å². The zero-order valence-corrected chi connectivity index (χ0v) is 26.4. The molecule has 0 spiro atoms. The van der Waals surface area contributed by atoms with Crippen LogP contribution in [0, 0.1) is 0 Å². The van der Waals surface area contributed by atoms with Crippen molar-refractivity contribution < 1.29 is 14.3 Å². The maximum Gasteiger partial charge on any atom is 0.259 e. The number of carbonyl (C=O) groups excluding carboxylic acids is 1. The topological polar surface area (TPSA) is 114 Å². The molecule has 0 aliphatic carbocycles. The number of piperazine rings is 1. The molecule has 5 rings (SSSR count). The maximum absolute atomic E-state index is 13.6. The Labute approximate surface area is 265 Å². The lowest BCUT2D eigenvalue weighted by atomic mass is 10.0. The van der Waals surface area contributed by atoms with Crippen LogP contribution in [0.25, 0.3) is 22.2 Å². The van der Waals surface area contributed by atoms with E-state index in [1.807, 2.05) is 18.2 Å². The zero-order chi connectivity index (χ0) is 31.5. The summed E-state index contributed by atoms with van der Waals surface area (Å²) < 4.78 is 12.2. The van der Waals surface area contributed by atoms with E-state index >= 15 is 0 Å². The summed E-state index contributed by atoms with van der Waals surface area (Å²) >= 11 is 13.2. The predicted molar refractivity (Wildman–Crippen MR) is 176 cm³/mol. The van der Waals surface area contributed by atoms with Gasteiger partial charge in [-0.3, -0.25) is 14.2 Å². The van der Waals surface area contributed by atoms with Crippen molar-refractivity contribution in [2.75, 3.05) is 62.5 Å². The number of pyridine rings is 1. The summed E-state index contributed by atoms with van der Waals surface area (Å²) in [7, 11) is 4.54. The molecule has 0 unspecified atom stereocenters. The number of likely N-dealkylation sites (N-methyl/N-ethyl adjacent to an activating group) is 1. The van der Waals surface area contributed by atoms with Crippen LogP contribution in [-0.2, 0) is 11.8 Å². The Morgan fingerprint density at radius 2 is 1.73 bits per heavy atom. The molecule has 11 nitrogen and oxygen atoms in total. The quantitative estimate of drug-likeness (QED) is 0.235. The van der Waals surface area contributed by atoms with Crippen LogP contribution in [0.2, 0.25) is 10.0 Å². The Morgan fingerprint density at radius 1 is 1.05 bits per heavy atom. The van der Waals surface area contributed by atoms with Crippen LogP contribution in [0.5, 0.6) is 11.5 Å². The number of nitrogens with one attached hydrogen (secondary N) is 2. The molecule has 2 N–H and O–H groups in total. The third-order valence-electron chi connectivity index (χ3n) is 7.67. The molecule has 0 bridgehead atoms. The molecule has 1 fully saturated rings. The highest BCUT2D eigenvalue weighted by Gasteiger charge is 2.23. The first-order valence-electron chi connectivity index (χ1n) is 14.0. The first-order valence-corrected chi connectivity index (χ1v) is 14.7. The SMILES string of the molecule is C=CC(=O)Nc1cc(N2CCN(CC)CC2)ccc1Nc1ncc2cc(-c3c(Cl)c(OC)cc(OC)c3Cl)c(=O)n(C)c2n1. The number of hydrogen-bond donors (Lipinski definition) is 2. The Bertz CT molecular complexity index is 1770. The number of hydrogen-bond acceptors (Lipinski definition) is 9. The first-order chi connectivity index (χ1) is 21.2. The highest BCUT2D eigenvalue weighted by molar-refractivity contribution is 6.41. The summed E-state index contributed by atoms with van der Waals surface area (Å²) in [6, 6.07) is 8.98. The lowest BCUT2D eigenvalue weighted by Gasteiger charge is -2.35. The van der Waals surface area contributed by atoms with Gasteiger partial charge in [-0.2, -0.15) is 4.98 Å². The number of nitrogens with zero attached hydrogens (tertiary/aromatic N) is 5. The monoisotopic (exact) mass is 637 g/mol. The molecule has 0 radical (unpaired) electrons. The largest absolute Gasteiger partial charge is 0.495 e. The third kappa shape index (κ3) is 6.03. The molecule has 2 aromatic heterocycles. The minimum absolute atomic E-state index is 0.179. The van der Waals surface area contributed by atoms with Crippen molar-refractivity contribution >= 4 is 63.2 Å². The minimum Gasteiger partial charge on any atom is -0.495 e. The molecular weight excluding hydrogens is 605 g/mol. The maximum atomic E-state index is 13.6. The smallest absolute Gasteiger partial charge is 0.259 e. The standard InChI is InChI=1S/C31H33Cl2N7O4/c1-6-25(41)35-22-15-19(40-12-10-39(7-2)11-13-40)8-9-21(22)36-31-34-17-18-14-20(30(42)38(3)29(18)37-31)26-27(32)23(43-4)16-24(44-5)28(26)33/h6,8-9,14-17H,1,7,10-13H2,2-5H3,(H,35,41)(H,34,36,37). The molecule has 4 aromatic rings. The predicted octanol–water partition coefficient (Wildman–Crippen LogP) is 5.33. The summed E-state index contributed by atoms with van der Waals surface area (Å²) in [4.78, 5) is 39.7. The molecule has 0 atom stereocenters. The van der Waals surface area contributed by atoms with Crippen molar-refractivity contribution in [2.24, 2.45) is 7.05 Å². The van der Waals surface area contributed by atoms with Crippen LogP contribution in [0.15, 0.2) is 54.0 Å². The summed E-state index contributed by atoms with van der Waals surface area (Å²) in [5.41, 5.74) is 2.64. The van der Waals surface area contributed by atoms with E-state index in [2.05, 4.69) is 43.9 Å². The molecule has 44 heavy (non-hydrogen) atoms. The van der Waals surface area contributed by atoms with E-state index in [9.17, 15) is 9.59 Å². The number of anilines is 4. The number of methoxy groups -OCH3 is 2. The van der Waals surface area contributed by atoms with E-state index < -0.39 is 0 Å². The Kier molecular flexibility index (Phi) is 9.28. The Balaban J connectivity index is 1.51. The van der Waals surface area contributed by atoms with E-state index in [1.165, 1.54) is 24.9 Å². The second kappa shape index (κ2) is 13.1. The van der Waals surface area contributed by atoms with Gasteiger partial charge in [-0.25, -0.2) is 4.98 Å². The third-order valence-corrected chi connectivity index (χ3v) is 8.42. The number of benzene rings is 2. The first kappa shape index (κ1) is 31.1. The Morgan fingerprint density at radius 3 is 2.34 bits per heavy atom. The van der Waals surface area contributed by atoms with Gasteiger partial charge in [-0.05, 0) is 36.9 Å². The van der Waals surface area contributed by atoms with Gasteiger partial charge in [0.25, 0.3) is 5.56 Å². The van der Waals surface area contributed by atoms with Crippen molar-refractivity contribution in [3.05, 3.63) is 69.6 Å². The van der Waals surface area contributed by atoms with E-state index in [0.717, 1.165) is 38.4 Å². The number of fused-ring (bicyclic) bond motifs is 1. The average molecular weight is 639 g/mol. The number of aromatic nitrogens is 3. The van der Waals surface area contributed by atoms with Crippen molar-refractivity contribution in [2.45, 2.75) is 6.92 Å². The van der Waals surface area contributed by atoms with Crippen LogP contribution in [0.1, 0.15) is 6.92 Å². The molecular formula is C31H33Cl2N7O4. The number of carbonyl (C=O) groups is 1. The van der Waals surface area contributed by atoms with E-state index in [1.54, 1.807) is 25.4 Å². The van der Waals surface area contributed by atoms with Crippen molar-refractivity contribution in [1.82, 2.24) is 19.4 Å². The molecule has 230 valence electrons. The summed E-state index contributed by atoms with van der Waals surface area (Å²) in [6.45, 7) is 10.5. The van der Waals surface area contributed by atoms with Gasteiger partial charge in [0.15, 0.2) is 0 Å². The number of halogens is 2. The van der Waals surface area contributed by atoms with Crippen LogP contribution in [-0.4, -0.2) is 72.3 Å². The van der Waals surface area contributed by atoms with Crippen LogP contribution in [0.4, 0.5) is 23.0 Å². The molecule has 13 heteroatoms. The second-order valence-corrected chi connectivity index (χ2v) is 10.9. The van der Waals surface area contributed by atoms with Gasteiger partial charge >= 0.3 is 0 Å². The van der Waals surface area contributed by atoms with Gasteiger partial charge in [0, 0.05) is 62.1 Å². The highest BCUT2D eigenvalue weighted by atomic mass is 35.5. The van der Waals surface area contributed by atoms with E-state index in [0.29, 0.717) is 33.9 Å². The number of ether oxygens (including phenoxy) is 2. The highest BCUT2D eigenvalue weighted by Crippen LogP contribution is 2.45. The lowest BCUT2D eigenvalue weighted by Crippen LogP contribution is -2.46. The van der Waals surface area contributed by atoms with Crippen LogP contribution in [0.3, 0.4) is 0 Å². The minimum atomic E-state index is -0.382. The molecule has 3 heterocycles. The lowest BCUT2D eigenvalue weighted by molar-refractivity contribution is -0.111. The fourth-order valence-corrected chi connectivity index (χ4v) is 5.88. The van der Waals surface area contributed by atoms with Crippen LogP contribution < -0.4 is 30.6 Å². The molecule has 2 aromatic carbocycles. The summed E-state index contributed by atoms with van der Waals surface area (Å²) in [5, 5.41) is 7.00. The van der Waals surface area contributed by atoms with E-state index in [4.69, 9.17) is 32.7 Å². The van der Waals surface area contributed by atoms with Gasteiger partial charge in [-0.15, -0.1) is 0 Å². The number of rotatable bonds is 9. The normalized spacial score (nSPS) is 13.5. The zero-order valence-electron chi connectivity index (χ0n) is 24.9. The number of amides is 1. The van der Waals surface area contributed by atoms with Gasteiger partial charge in [0.2, 0.25) is 11.9 Å². The second-order valence-electron chi connectivity index (χ2n) is 10.1. The Hall–Kier alpha value is -4.32. The van der Waals surface area contributed by atoms with Crippen LogP contribution >= 0.6 is 23.2 Å². The fraction of sp³-hybridized carbons (Fsp3) is 0.290. The molecule has 1 aliphatic heterocycles. The molecule has 1 aliphatic rings. The average Bonchev–Trinajstić information content (AvgIpc) is 3.04. The molecule has 1 saturated heterocycles. The van der Waals surface area contributed by atoms with Crippen molar-refractivity contribution in [1.29, 1.82) is 0 Å². The molecule has 0 saturated carbocycles. The van der Waals surface area contributed by atoms with Crippen molar-refractivity contribution in [3.8, 4) is 22.6 Å². The van der Waals surface area contributed by atoms with Gasteiger partial charge in [0.1, 0.15) is 17.1 Å². The summed E-state index contributed by atoms with van der Waals surface area (Å²) in [6.07, 6.45) is 2.81. The molecule has 1 amide bonds. The van der Waals surface area contributed by atoms with Crippen molar-refractivity contribution in [3.63, 3.8) is 0 Å². The van der Waals surface area contributed by atoms with Gasteiger partial charge in [0.05, 0.1) is 41.2 Å². The van der Waals surface area contributed by atoms with Gasteiger partial charge < -0.3 is 29.9 Å². The van der Waals surface area contributed by atoms with Gasteiger partial charge in [-0.1, -0.05) is 36.7 Å².